The molecule has 0 amide bonds. The highest BCUT2D eigenvalue weighted by Crippen LogP contribution is 2.33. The van der Waals surface area contributed by atoms with Gasteiger partial charge < -0.3 is 10.1 Å². The van der Waals surface area contributed by atoms with Gasteiger partial charge in [0, 0.05) is 17.6 Å². The number of esters is 1. The molecule has 0 saturated carbocycles. The van der Waals surface area contributed by atoms with Crippen molar-refractivity contribution in [3.63, 3.8) is 0 Å². The van der Waals surface area contributed by atoms with Crippen LogP contribution in [0.2, 0.25) is 15.1 Å². The molecule has 0 bridgehead atoms. The largest absolute Gasteiger partial charge is 0.463 e. The summed E-state index contributed by atoms with van der Waals surface area (Å²) in [6.45, 7) is 2.50. The monoisotopic (exact) mass is 307 g/mol. The standard InChI is InChI=1S/C12H12Cl3NO2/c1-2-18-11(17)4-3-5-16-12-9(14)6-8(13)7-10(12)15/h3-4,6-7,16H,2,5H2,1H3/b4-3+. The minimum Gasteiger partial charge on any atom is -0.463 e. The van der Waals surface area contributed by atoms with Crippen molar-refractivity contribution in [1.29, 1.82) is 0 Å². The first-order chi connectivity index (χ1) is 8.54. The number of carbonyl (C=O) groups is 1. The Bertz CT molecular complexity index is 438. The normalized spacial score (nSPS) is 10.7. The zero-order chi connectivity index (χ0) is 13.5. The van der Waals surface area contributed by atoms with Gasteiger partial charge in [-0.3, -0.25) is 0 Å². The van der Waals surface area contributed by atoms with Crippen molar-refractivity contribution in [1.82, 2.24) is 0 Å². The van der Waals surface area contributed by atoms with Gasteiger partial charge in [-0.15, -0.1) is 0 Å². The number of ether oxygens (including phenoxy) is 1. The fraction of sp³-hybridized carbons (Fsp3) is 0.250. The summed E-state index contributed by atoms with van der Waals surface area (Å²) in [5, 5.41) is 4.31. The summed E-state index contributed by atoms with van der Waals surface area (Å²) in [6, 6.07) is 3.18. The van der Waals surface area contributed by atoms with E-state index in [0.717, 1.165) is 0 Å². The number of anilines is 1. The van der Waals surface area contributed by atoms with Crippen molar-refractivity contribution in [2.75, 3.05) is 18.5 Å². The van der Waals surface area contributed by atoms with Crippen LogP contribution in [0, 0.1) is 0 Å². The van der Waals surface area contributed by atoms with E-state index in [4.69, 9.17) is 39.5 Å². The van der Waals surface area contributed by atoms with Gasteiger partial charge in [0.2, 0.25) is 0 Å². The summed E-state index contributed by atoms with van der Waals surface area (Å²) < 4.78 is 4.73. The molecule has 1 rings (SSSR count). The number of carbonyl (C=O) groups excluding carboxylic acids is 1. The van der Waals surface area contributed by atoms with Gasteiger partial charge in [0.25, 0.3) is 0 Å². The molecule has 18 heavy (non-hydrogen) atoms. The number of benzene rings is 1. The highest BCUT2D eigenvalue weighted by Gasteiger charge is 2.06. The lowest BCUT2D eigenvalue weighted by atomic mass is 10.3. The molecule has 0 atom stereocenters. The molecule has 1 aromatic rings. The summed E-state index contributed by atoms with van der Waals surface area (Å²) >= 11 is 17.7. The van der Waals surface area contributed by atoms with Crippen LogP contribution in [0.15, 0.2) is 24.3 Å². The zero-order valence-electron chi connectivity index (χ0n) is 9.67. The Labute approximate surface area is 121 Å². The van der Waals surface area contributed by atoms with Crippen molar-refractivity contribution in [2.24, 2.45) is 0 Å². The average Bonchev–Trinajstić information content (AvgIpc) is 2.27. The van der Waals surface area contributed by atoms with Crippen LogP contribution in [-0.4, -0.2) is 19.1 Å². The van der Waals surface area contributed by atoms with Crippen LogP contribution in [0.5, 0.6) is 0 Å². The molecule has 0 fully saturated rings. The number of hydrogen-bond acceptors (Lipinski definition) is 3. The molecule has 0 spiro atoms. The van der Waals surface area contributed by atoms with Crippen molar-refractivity contribution in [2.45, 2.75) is 6.92 Å². The molecule has 0 radical (unpaired) electrons. The fourth-order valence-corrected chi connectivity index (χ4v) is 2.17. The number of nitrogens with one attached hydrogen (secondary N) is 1. The van der Waals surface area contributed by atoms with E-state index in [2.05, 4.69) is 5.32 Å². The van der Waals surface area contributed by atoms with Gasteiger partial charge in [0.1, 0.15) is 0 Å². The molecule has 1 aromatic carbocycles. The van der Waals surface area contributed by atoms with Crippen molar-refractivity contribution in [3.8, 4) is 0 Å². The van der Waals surface area contributed by atoms with Gasteiger partial charge in [-0.05, 0) is 19.1 Å². The van der Waals surface area contributed by atoms with E-state index < -0.39 is 0 Å². The second kappa shape index (κ2) is 7.52. The third kappa shape index (κ3) is 4.77. The van der Waals surface area contributed by atoms with Crippen LogP contribution in [0.3, 0.4) is 0 Å². The molecule has 0 aliphatic carbocycles. The third-order valence-corrected chi connectivity index (χ3v) is 2.76. The van der Waals surface area contributed by atoms with Gasteiger partial charge in [-0.1, -0.05) is 40.9 Å². The summed E-state index contributed by atoms with van der Waals surface area (Å²) in [5.41, 5.74) is 0.580. The Morgan fingerprint density at radius 2 is 1.94 bits per heavy atom. The Balaban J connectivity index is 2.57. The van der Waals surface area contributed by atoms with E-state index >= 15 is 0 Å². The topological polar surface area (TPSA) is 38.3 Å². The second-order valence-corrected chi connectivity index (χ2v) is 4.53. The molecule has 0 aliphatic heterocycles. The lowest BCUT2D eigenvalue weighted by molar-refractivity contribution is -0.137. The van der Waals surface area contributed by atoms with E-state index in [9.17, 15) is 4.79 Å². The predicted molar refractivity (Wildman–Crippen MR) is 75.7 cm³/mol. The number of hydrogen-bond donors (Lipinski definition) is 1. The SMILES string of the molecule is CCOC(=O)/C=C/CNc1c(Cl)cc(Cl)cc1Cl. The molecular weight excluding hydrogens is 296 g/mol. The molecule has 0 aliphatic rings. The van der Waals surface area contributed by atoms with Crippen LogP contribution in [-0.2, 0) is 9.53 Å². The maximum Gasteiger partial charge on any atom is 0.330 e. The molecule has 0 unspecified atom stereocenters. The van der Waals surface area contributed by atoms with Crippen LogP contribution in [0.4, 0.5) is 5.69 Å². The third-order valence-electron chi connectivity index (χ3n) is 1.94. The van der Waals surface area contributed by atoms with Gasteiger partial charge in [0.15, 0.2) is 0 Å². The Morgan fingerprint density at radius 1 is 1.33 bits per heavy atom. The first-order valence-corrected chi connectivity index (χ1v) is 6.39. The Hall–Kier alpha value is -0.900. The molecule has 0 heterocycles. The second-order valence-electron chi connectivity index (χ2n) is 3.28. The highest BCUT2D eigenvalue weighted by atomic mass is 35.5. The zero-order valence-corrected chi connectivity index (χ0v) is 11.9. The smallest absolute Gasteiger partial charge is 0.330 e. The lowest BCUT2D eigenvalue weighted by Gasteiger charge is -2.08. The summed E-state index contributed by atoms with van der Waals surface area (Å²) in [5.74, 6) is -0.382. The Kier molecular flexibility index (Phi) is 6.33. The summed E-state index contributed by atoms with van der Waals surface area (Å²) in [7, 11) is 0. The first kappa shape index (κ1) is 15.2. The van der Waals surface area contributed by atoms with Crippen LogP contribution >= 0.6 is 34.8 Å². The number of halogens is 3. The quantitative estimate of drug-likeness (QED) is 0.655. The van der Waals surface area contributed by atoms with Gasteiger partial charge in [-0.25, -0.2) is 4.79 Å². The van der Waals surface area contributed by atoms with E-state index in [1.54, 1.807) is 25.1 Å². The lowest BCUT2D eigenvalue weighted by Crippen LogP contribution is -2.03. The van der Waals surface area contributed by atoms with Gasteiger partial charge >= 0.3 is 5.97 Å². The van der Waals surface area contributed by atoms with Crippen LogP contribution < -0.4 is 5.32 Å². The summed E-state index contributed by atoms with van der Waals surface area (Å²) in [4.78, 5) is 11.0. The fourth-order valence-electron chi connectivity index (χ4n) is 1.22. The Morgan fingerprint density at radius 3 is 2.50 bits per heavy atom. The van der Waals surface area contributed by atoms with E-state index in [1.165, 1.54) is 6.08 Å². The summed E-state index contributed by atoms with van der Waals surface area (Å²) in [6.07, 6.45) is 2.97. The molecule has 0 saturated heterocycles. The molecule has 6 heteroatoms. The molecule has 1 N–H and O–H groups in total. The first-order valence-electron chi connectivity index (χ1n) is 5.26. The van der Waals surface area contributed by atoms with Crippen molar-refractivity contribution >= 4 is 46.5 Å². The predicted octanol–water partition coefficient (Wildman–Crippen LogP) is 4.18. The van der Waals surface area contributed by atoms with E-state index in [1.807, 2.05) is 0 Å². The molecule has 3 nitrogen and oxygen atoms in total. The molecule has 0 aromatic heterocycles. The number of rotatable bonds is 5. The van der Waals surface area contributed by atoms with Crippen LogP contribution in [0.1, 0.15) is 6.92 Å². The molecule has 98 valence electrons. The average molecular weight is 309 g/mol. The molecular formula is C12H12Cl3NO2. The van der Waals surface area contributed by atoms with E-state index in [0.29, 0.717) is 33.9 Å². The minimum absolute atomic E-state index is 0.353. The van der Waals surface area contributed by atoms with Gasteiger partial charge in [0.05, 0.1) is 22.3 Å². The van der Waals surface area contributed by atoms with Crippen LogP contribution in [0.25, 0.3) is 0 Å². The highest BCUT2D eigenvalue weighted by molar-refractivity contribution is 6.41. The van der Waals surface area contributed by atoms with E-state index in [-0.39, 0.29) is 5.97 Å². The van der Waals surface area contributed by atoms with Gasteiger partial charge in [-0.2, -0.15) is 0 Å². The van der Waals surface area contributed by atoms with Crippen molar-refractivity contribution < 1.29 is 9.53 Å². The maximum absolute atomic E-state index is 11.0. The van der Waals surface area contributed by atoms with Crippen molar-refractivity contribution in [3.05, 3.63) is 39.4 Å². The maximum atomic E-state index is 11.0. The minimum atomic E-state index is -0.382.